The molecule has 0 aromatic heterocycles. The number of aliphatic hydroxyl groups excluding tert-OH is 1. The van der Waals surface area contributed by atoms with Gasteiger partial charge in [0.1, 0.15) is 11.8 Å². The molecule has 1 aromatic rings. The highest BCUT2D eigenvalue weighted by molar-refractivity contribution is 5.28. The van der Waals surface area contributed by atoms with Crippen molar-refractivity contribution in [1.29, 1.82) is 5.26 Å². The van der Waals surface area contributed by atoms with Crippen LogP contribution in [0.25, 0.3) is 0 Å². The largest absolute Gasteiger partial charge is 0.479 e. The quantitative estimate of drug-likeness (QED) is 0.753. The summed E-state index contributed by atoms with van der Waals surface area (Å²) in [7, 11) is 0. The zero-order valence-corrected chi connectivity index (χ0v) is 11.6. The number of benzene rings is 1. The summed E-state index contributed by atoms with van der Waals surface area (Å²) in [5.41, 5.74) is 1.08. The van der Waals surface area contributed by atoms with Gasteiger partial charge in [0.05, 0.1) is 6.10 Å². The van der Waals surface area contributed by atoms with Crippen molar-refractivity contribution >= 4 is 0 Å². The van der Waals surface area contributed by atoms with Gasteiger partial charge in [-0.05, 0) is 30.0 Å². The Kier molecular flexibility index (Phi) is 6.94. The van der Waals surface area contributed by atoms with Gasteiger partial charge in [0.15, 0.2) is 6.61 Å². The van der Waals surface area contributed by atoms with E-state index in [4.69, 9.17) is 10.00 Å². The number of ether oxygens (including phenoxy) is 1. The lowest BCUT2D eigenvalue weighted by Gasteiger charge is -2.14. The van der Waals surface area contributed by atoms with Gasteiger partial charge in [-0.3, -0.25) is 0 Å². The lowest BCUT2D eigenvalue weighted by molar-refractivity contribution is 0.146. The van der Waals surface area contributed by atoms with Crippen LogP contribution in [0.5, 0.6) is 5.75 Å². The van der Waals surface area contributed by atoms with Crippen molar-refractivity contribution in [1.82, 2.24) is 5.32 Å². The van der Waals surface area contributed by atoms with E-state index in [0.29, 0.717) is 24.8 Å². The van der Waals surface area contributed by atoms with Crippen molar-refractivity contribution in [2.45, 2.75) is 32.9 Å². The van der Waals surface area contributed by atoms with E-state index in [9.17, 15) is 5.11 Å². The molecule has 19 heavy (non-hydrogen) atoms. The average Bonchev–Trinajstić information content (AvgIpc) is 2.36. The van der Waals surface area contributed by atoms with Gasteiger partial charge >= 0.3 is 0 Å². The molecular weight excluding hydrogens is 240 g/mol. The second-order valence-corrected chi connectivity index (χ2v) is 5.01. The van der Waals surface area contributed by atoms with Crippen molar-refractivity contribution in [3.05, 3.63) is 29.8 Å². The van der Waals surface area contributed by atoms with Crippen molar-refractivity contribution < 1.29 is 9.84 Å². The van der Waals surface area contributed by atoms with E-state index in [2.05, 4.69) is 19.2 Å². The molecule has 1 aromatic carbocycles. The summed E-state index contributed by atoms with van der Waals surface area (Å²) in [6.07, 6.45) is 0.497. The van der Waals surface area contributed by atoms with E-state index in [1.807, 2.05) is 30.3 Å². The molecule has 0 heterocycles. The fourth-order valence-electron chi connectivity index (χ4n) is 1.87. The Morgan fingerprint density at radius 2 is 2.21 bits per heavy atom. The Balaban J connectivity index is 2.35. The number of hydrogen-bond donors (Lipinski definition) is 2. The lowest BCUT2D eigenvalue weighted by Crippen LogP contribution is -2.27. The normalized spacial score (nSPS) is 12.2. The van der Waals surface area contributed by atoms with Gasteiger partial charge in [-0.1, -0.05) is 26.0 Å². The predicted molar refractivity (Wildman–Crippen MR) is 74.7 cm³/mol. The minimum Gasteiger partial charge on any atom is -0.479 e. The standard InChI is InChI=1S/C15H22N2O2/c1-12(2)8-14(18)11-17-10-13-4-3-5-15(9-13)19-7-6-16/h3-5,9,12,14,17-18H,7-8,10-11H2,1-2H3. The summed E-state index contributed by atoms with van der Waals surface area (Å²) in [6, 6.07) is 9.56. The molecule has 2 N–H and O–H groups in total. The van der Waals surface area contributed by atoms with Crippen LogP contribution in [0, 0.1) is 17.2 Å². The Bertz CT molecular complexity index is 413. The van der Waals surface area contributed by atoms with E-state index >= 15 is 0 Å². The second-order valence-electron chi connectivity index (χ2n) is 5.01. The first-order valence-corrected chi connectivity index (χ1v) is 6.59. The maximum Gasteiger partial charge on any atom is 0.174 e. The van der Waals surface area contributed by atoms with Gasteiger partial charge in [0.2, 0.25) is 0 Å². The van der Waals surface area contributed by atoms with Crippen molar-refractivity contribution in [2.75, 3.05) is 13.2 Å². The van der Waals surface area contributed by atoms with Gasteiger partial charge < -0.3 is 15.2 Å². The second kappa shape index (κ2) is 8.52. The van der Waals surface area contributed by atoms with E-state index in [0.717, 1.165) is 12.0 Å². The van der Waals surface area contributed by atoms with Crippen LogP contribution in [0.1, 0.15) is 25.8 Å². The topological polar surface area (TPSA) is 65.3 Å². The Morgan fingerprint density at radius 3 is 2.89 bits per heavy atom. The predicted octanol–water partition coefficient (Wildman–Crippen LogP) is 2.09. The monoisotopic (exact) mass is 262 g/mol. The van der Waals surface area contributed by atoms with E-state index in [1.54, 1.807) is 0 Å². The van der Waals surface area contributed by atoms with Crippen LogP contribution in [0.4, 0.5) is 0 Å². The molecule has 1 rings (SSSR count). The number of aliphatic hydroxyl groups is 1. The van der Waals surface area contributed by atoms with Gasteiger partial charge in [0, 0.05) is 13.1 Å². The fourth-order valence-corrected chi connectivity index (χ4v) is 1.87. The average molecular weight is 262 g/mol. The summed E-state index contributed by atoms with van der Waals surface area (Å²) >= 11 is 0. The van der Waals surface area contributed by atoms with Gasteiger partial charge in [-0.15, -0.1) is 0 Å². The Hall–Kier alpha value is -1.57. The van der Waals surface area contributed by atoms with Crippen LogP contribution >= 0.6 is 0 Å². The van der Waals surface area contributed by atoms with Gasteiger partial charge in [-0.25, -0.2) is 0 Å². The Labute approximate surface area is 115 Å². The highest BCUT2D eigenvalue weighted by Gasteiger charge is 2.06. The summed E-state index contributed by atoms with van der Waals surface area (Å²) < 4.78 is 5.24. The molecule has 0 fully saturated rings. The van der Waals surface area contributed by atoms with Crippen LogP contribution < -0.4 is 10.1 Å². The number of hydrogen-bond acceptors (Lipinski definition) is 4. The SMILES string of the molecule is CC(C)CC(O)CNCc1cccc(OCC#N)c1. The zero-order valence-electron chi connectivity index (χ0n) is 11.6. The molecular formula is C15H22N2O2. The van der Waals surface area contributed by atoms with Crippen molar-refractivity contribution in [2.24, 2.45) is 5.92 Å². The molecule has 1 unspecified atom stereocenters. The van der Waals surface area contributed by atoms with Crippen LogP contribution in [0.2, 0.25) is 0 Å². The molecule has 4 nitrogen and oxygen atoms in total. The van der Waals surface area contributed by atoms with Crippen LogP contribution in [-0.2, 0) is 6.54 Å². The maximum atomic E-state index is 9.75. The summed E-state index contributed by atoms with van der Waals surface area (Å²) in [4.78, 5) is 0. The lowest BCUT2D eigenvalue weighted by atomic mass is 10.1. The number of nitrogens with one attached hydrogen (secondary N) is 1. The van der Waals surface area contributed by atoms with E-state index in [-0.39, 0.29) is 12.7 Å². The number of nitrogens with zero attached hydrogens (tertiary/aromatic N) is 1. The molecule has 0 aliphatic heterocycles. The summed E-state index contributed by atoms with van der Waals surface area (Å²) in [5.74, 6) is 1.20. The third kappa shape index (κ3) is 6.80. The third-order valence-corrected chi connectivity index (χ3v) is 2.65. The van der Waals surface area contributed by atoms with Crippen molar-refractivity contribution in [3.63, 3.8) is 0 Å². The molecule has 0 saturated carbocycles. The minimum absolute atomic E-state index is 0.0595. The maximum absolute atomic E-state index is 9.75. The summed E-state index contributed by atoms with van der Waals surface area (Å²) in [6.45, 7) is 5.52. The molecule has 104 valence electrons. The Morgan fingerprint density at radius 1 is 1.42 bits per heavy atom. The first-order chi connectivity index (χ1) is 9.11. The van der Waals surface area contributed by atoms with Crippen LogP contribution in [0.3, 0.4) is 0 Å². The van der Waals surface area contributed by atoms with Crippen LogP contribution in [0.15, 0.2) is 24.3 Å². The molecule has 0 aliphatic rings. The van der Waals surface area contributed by atoms with E-state index in [1.165, 1.54) is 0 Å². The molecule has 0 saturated heterocycles. The minimum atomic E-state index is -0.307. The zero-order chi connectivity index (χ0) is 14.1. The highest BCUT2D eigenvalue weighted by Crippen LogP contribution is 2.13. The fraction of sp³-hybridized carbons (Fsp3) is 0.533. The molecule has 0 amide bonds. The van der Waals surface area contributed by atoms with E-state index < -0.39 is 0 Å². The molecule has 4 heteroatoms. The molecule has 0 spiro atoms. The summed E-state index contributed by atoms with van der Waals surface area (Å²) in [5, 5.41) is 21.4. The molecule has 0 aliphatic carbocycles. The third-order valence-electron chi connectivity index (χ3n) is 2.65. The van der Waals surface area contributed by atoms with Crippen LogP contribution in [-0.4, -0.2) is 24.4 Å². The molecule has 0 bridgehead atoms. The van der Waals surface area contributed by atoms with Gasteiger partial charge in [-0.2, -0.15) is 5.26 Å². The first kappa shape index (κ1) is 15.5. The highest BCUT2D eigenvalue weighted by atomic mass is 16.5. The van der Waals surface area contributed by atoms with Crippen molar-refractivity contribution in [3.8, 4) is 11.8 Å². The number of rotatable bonds is 8. The number of nitriles is 1. The molecule has 1 atom stereocenters. The van der Waals surface area contributed by atoms with Gasteiger partial charge in [0.25, 0.3) is 0 Å². The molecule has 0 radical (unpaired) electrons. The smallest absolute Gasteiger partial charge is 0.174 e. The first-order valence-electron chi connectivity index (χ1n) is 6.59.